The number of nitrogens with one attached hydrogen (secondary N) is 1. The molecule has 84 valence electrons. The van der Waals surface area contributed by atoms with Crippen LogP contribution < -0.4 is 5.32 Å². The summed E-state index contributed by atoms with van der Waals surface area (Å²) in [5, 5.41) is 12.1. The Morgan fingerprint density at radius 2 is 1.93 bits per heavy atom. The van der Waals surface area contributed by atoms with Crippen LogP contribution in [0.1, 0.15) is 31.4 Å². The third-order valence-electron chi connectivity index (χ3n) is 2.41. The van der Waals surface area contributed by atoms with E-state index in [1.54, 1.807) is 0 Å². The van der Waals surface area contributed by atoms with E-state index in [0.717, 1.165) is 23.9 Å². The van der Waals surface area contributed by atoms with Gasteiger partial charge in [-0.05, 0) is 44.0 Å². The Balaban J connectivity index is 2.33. The van der Waals surface area contributed by atoms with E-state index in [-0.39, 0.29) is 6.61 Å². The van der Waals surface area contributed by atoms with Gasteiger partial charge in [0, 0.05) is 17.1 Å². The van der Waals surface area contributed by atoms with Gasteiger partial charge in [-0.1, -0.05) is 28.1 Å². The molecule has 2 N–H and O–H groups in total. The van der Waals surface area contributed by atoms with Gasteiger partial charge in [-0.3, -0.25) is 0 Å². The first-order valence-corrected chi connectivity index (χ1v) is 6.13. The average Bonchev–Trinajstić information content (AvgIpc) is 2.25. The molecule has 0 saturated heterocycles. The van der Waals surface area contributed by atoms with Gasteiger partial charge in [0.2, 0.25) is 0 Å². The fourth-order valence-electron chi connectivity index (χ4n) is 1.42. The summed E-state index contributed by atoms with van der Waals surface area (Å²) in [7, 11) is 0. The molecule has 15 heavy (non-hydrogen) atoms. The third kappa shape index (κ3) is 4.78. The molecule has 1 atom stereocenters. The second-order valence-electron chi connectivity index (χ2n) is 3.66. The Hall–Kier alpha value is -0.380. The SMILES string of the molecule is C[C@H](NCCCCO)c1ccc(Br)cc1. The van der Waals surface area contributed by atoms with Crippen LogP contribution in [0.3, 0.4) is 0 Å². The van der Waals surface area contributed by atoms with Gasteiger partial charge in [0.15, 0.2) is 0 Å². The first-order chi connectivity index (χ1) is 7.24. The summed E-state index contributed by atoms with van der Waals surface area (Å²) < 4.78 is 1.11. The van der Waals surface area contributed by atoms with Crippen molar-refractivity contribution in [3.05, 3.63) is 34.3 Å². The predicted octanol–water partition coefficient (Wildman–Crippen LogP) is 2.87. The normalized spacial score (nSPS) is 12.7. The summed E-state index contributed by atoms with van der Waals surface area (Å²) in [6.45, 7) is 3.40. The number of hydrogen-bond acceptors (Lipinski definition) is 2. The van der Waals surface area contributed by atoms with Crippen LogP contribution in [0.15, 0.2) is 28.7 Å². The minimum absolute atomic E-state index is 0.286. The monoisotopic (exact) mass is 271 g/mol. The first kappa shape index (κ1) is 12.7. The van der Waals surface area contributed by atoms with Crippen LogP contribution in [-0.2, 0) is 0 Å². The molecule has 0 saturated carbocycles. The molecule has 0 amide bonds. The van der Waals surface area contributed by atoms with E-state index >= 15 is 0 Å². The summed E-state index contributed by atoms with van der Waals surface area (Å²) in [4.78, 5) is 0. The van der Waals surface area contributed by atoms with E-state index in [1.807, 2.05) is 0 Å². The molecule has 0 unspecified atom stereocenters. The number of rotatable bonds is 6. The Labute approximate surface area is 99.8 Å². The molecule has 0 spiro atoms. The number of hydrogen-bond donors (Lipinski definition) is 2. The number of aliphatic hydroxyl groups is 1. The van der Waals surface area contributed by atoms with Crippen molar-refractivity contribution in [1.29, 1.82) is 0 Å². The Morgan fingerprint density at radius 3 is 2.53 bits per heavy atom. The van der Waals surface area contributed by atoms with Crippen molar-refractivity contribution in [3.63, 3.8) is 0 Å². The maximum absolute atomic E-state index is 8.65. The number of aliphatic hydroxyl groups excluding tert-OH is 1. The van der Waals surface area contributed by atoms with Gasteiger partial charge in [-0.2, -0.15) is 0 Å². The first-order valence-electron chi connectivity index (χ1n) is 5.33. The minimum atomic E-state index is 0.286. The Bertz CT molecular complexity index is 273. The lowest BCUT2D eigenvalue weighted by atomic mass is 10.1. The second-order valence-corrected chi connectivity index (χ2v) is 4.57. The highest BCUT2D eigenvalue weighted by atomic mass is 79.9. The molecule has 0 bridgehead atoms. The predicted molar refractivity (Wildman–Crippen MR) is 66.9 cm³/mol. The highest BCUT2D eigenvalue weighted by Gasteiger charge is 2.03. The van der Waals surface area contributed by atoms with Crippen LogP contribution in [0.5, 0.6) is 0 Å². The lowest BCUT2D eigenvalue weighted by Gasteiger charge is -2.13. The number of unbranched alkanes of at least 4 members (excludes halogenated alkanes) is 1. The zero-order valence-corrected chi connectivity index (χ0v) is 10.6. The molecule has 0 aliphatic heterocycles. The fourth-order valence-corrected chi connectivity index (χ4v) is 1.69. The molecule has 0 fully saturated rings. The molecule has 0 aliphatic carbocycles. The minimum Gasteiger partial charge on any atom is -0.396 e. The number of halogens is 1. The van der Waals surface area contributed by atoms with Gasteiger partial charge >= 0.3 is 0 Å². The molecule has 0 heterocycles. The van der Waals surface area contributed by atoms with Crippen LogP contribution in [0.2, 0.25) is 0 Å². The highest BCUT2D eigenvalue weighted by Crippen LogP contribution is 2.16. The zero-order valence-electron chi connectivity index (χ0n) is 9.04. The van der Waals surface area contributed by atoms with Gasteiger partial charge < -0.3 is 10.4 Å². The standard InChI is InChI=1S/C12H18BrNO/c1-10(14-8-2-3-9-15)11-4-6-12(13)7-5-11/h4-7,10,14-15H,2-3,8-9H2,1H3/t10-/m0/s1. The van der Waals surface area contributed by atoms with Gasteiger partial charge in [-0.15, -0.1) is 0 Å². The number of benzene rings is 1. The summed E-state index contributed by atoms with van der Waals surface area (Å²) in [6, 6.07) is 8.72. The van der Waals surface area contributed by atoms with Crippen LogP contribution in [0.4, 0.5) is 0 Å². The topological polar surface area (TPSA) is 32.3 Å². The molecule has 0 radical (unpaired) electrons. The molecule has 0 aromatic heterocycles. The van der Waals surface area contributed by atoms with Crippen molar-refractivity contribution < 1.29 is 5.11 Å². The lowest BCUT2D eigenvalue weighted by molar-refractivity contribution is 0.283. The second kappa shape index (κ2) is 6.99. The summed E-state index contributed by atoms with van der Waals surface area (Å²) in [5.74, 6) is 0. The largest absolute Gasteiger partial charge is 0.396 e. The highest BCUT2D eigenvalue weighted by molar-refractivity contribution is 9.10. The molecule has 1 aromatic carbocycles. The molecular formula is C12H18BrNO. The fraction of sp³-hybridized carbons (Fsp3) is 0.500. The van der Waals surface area contributed by atoms with Gasteiger partial charge in [0.25, 0.3) is 0 Å². The summed E-state index contributed by atoms with van der Waals surface area (Å²) >= 11 is 3.42. The van der Waals surface area contributed by atoms with Crippen LogP contribution >= 0.6 is 15.9 Å². The van der Waals surface area contributed by atoms with E-state index in [9.17, 15) is 0 Å². The summed E-state index contributed by atoms with van der Waals surface area (Å²) in [5.41, 5.74) is 1.29. The van der Waals surface area contributed by atoms with Crippen molar-refractivity contribution in [3.8, 4) is 0 Å². The quantitative estimate of drug-likeness (QED) is 0.780. The van der Waals surface area contributed by atoms with E-state index in [4.69, 9.17) is 5.11 Å². The Kier molecular flexibility index (Phi) is 5.91. The third-order valence-corrected chi connectivity index (χ3v) is 2.93. The van der Waals surface area contributed by atoms with E-state index in [1.165, 1.54) is 5.56 Å². The molecule has 0 aliphatic rings. The van der Waals surface area contributed by atoms with Crippen molar-refractivity contribution >= 4 is 15.9 Å². The maximum atomic E-state index is 8.65. The molecule has 1 rings (SSSR count). The smallest absolute Gasteiger partial charge is 0.0431 e. The van der Waals surface area contributed by atoms with E-state index in [2.05, 4.69) is 52.4 Å². The van der Waals surface area contributed by atoms with Crippen molar-refractivity contribution in [2.45, 2.75) is 25.8 Å². The summed E-state index contributed by atoms with van der Waals surface area (Å²) in [6.07, 6.45) is 1.90. The van der Waals surface area contributed by atoms with Crippen LogP contribution in [-0.4, -0.2) is 18.3 Å². The van der Waals surface area contributed by atoms with Gasteiger partial charge in [-0.25, -0.2) is 0 Å². The van der Waals surface area contributed by atoms with E-state index in [0.29, 0.717) is 6.04 Å². The maximum Gasteiger partial charge on any atom is 0.0431 e. The van der Waals surface area contributed by atoms with Crippen molar-refractivity contribution in [1.82, 2.24) is 5.32 Å². The van der Waals surface area contributed by atoms with Crippen LogP contribution in [0.25, 0.3) is 0 Å². The Morgan fingerprint density at radius 1 is 1.27 bits per heavy atom. The van der Waals surface area contributed by atoms with Crippen molar-refractivity contribution in [2.75, 3.05) is 13.2 Å². The molecular weight excluding hydrogens is 254 g/mol. The van der Waals surface area contributed by atoms with Crippen LogP contribution in [0, 0.1) is 0 Å². The molecule has 3 heteroatoms. The van der Waals surface area contributed by atoms with E-state index < -0.39 is 0 Å². The molecule has 1 aromatic rings. The van der Waals surface area contributed by atoms with Crippen molar-refractivity contribution in [2.24, 2.45) is 0 Å². The zero-order chi connectivity index (χ0) is 11.1. The van der Waals surface area contributed by atoms with Gasteiger partial charge in [0.1, 0.15) is 0 Å². The van der Waals surface area contributed by atoms with Gasteiger partial charge in [0.05, 0.1) is 0 Å². The average molecular weight is 272 g/mol. The molecule has 2 nitrogen and oxygen atoms in total. The lowest BCUT2D eigenvalue weighted by Crippen LogP contribution is -2.19.